The van der Waals surface area contributed by atoms with E-state index < -0.39 is 17.8 Å². The summed E-state index contributed by atoms with van der Waals surface area (Å²) in [6, 6.07) is 16.4. The summed E-state index contributed by atoms with van der Waals surface area (Å²) < 4.78 is 41.6. The molecule has 5 rings (SSSR count). The van der Waals surface area contributed by atoms with E-state index in [0.29, 0.717) is 25.2 Å². The van der Waals surface area contributed by atoms with Crippen molar-refractivity contribution in [2.24, 2.45) is 0 Å². The summed E-state index contributed by atoms with van der Waals surface area (Å²) in [4.78, 5) is 29.4. The first-order valence-electron chi connectivity index (χ1n) is 12.1. The monoisotopic (exact) mass is 512 g/mol. The fourth-order valence-electron chi connectivity index (χ4n) is 4.62. The summed E-state index contributed by atoms with van der Waals surface area (Å²) in [5.41, 5.74) is 1.53. The molecule has 0 bridgehead atoms. The molecule has 194 valence electrons. The second-order valence-corrected chi connectivity index (χ2v) is 8.97. The first kappa shape index (κ1) is 24.8. The van der Waals surface area contributed by atoms with Gasteiger partial charge in [-0.05, 0) is 29.8 Å². The fourth-order valence-corrected chi connectivity index (χ4v) is 4.62. The van der Waals surface area contributed by atoms with Gasteiger partial charge in [0.25, 0.3) is 0 Å². The second kappa shape index (κ2) is 10.3. The molecule has 2 saturated heterocycles. The third-order valence-corrected chi connectivity index (χ3v) is 6.59. The molecule has 11 heteroatoms. The van der Waals surface area contributed by atoms with Gasteiger partial charge >= 0.3 is 6.18 Å². The van der Waals surface area contributed by atoms with Crippen LogP contribution in [0, 0.1) is 0 Å². The van der Waals surface area contributed by atoms with Gasteiger partial charge in [0.2, 0.25) is 11.9 Å². The number of alkyl halides is 3. The Morgan fingerprint density at radius 1 is 1.03 bits per heavy atom. The third-order valence-electron chi connectivity index (χ3n) is 6.59. The molecule has 1 N–H and O–H groups in total. The van der Waals surface area contributed by atoms with Gasteiger partial charge in [-0.3, -0.25) is 9.63 Å². The van der Waals surface area contributed by atoms with E-state index in [1.54, 1.807) is 6.92 Å². The number of carbonyl (C=O) groups excluding carboxylic acids is 1. The summed E-state index contributed by atoms with van der Waals surface area (Å²) in [5, 5.41) is 4.25. The highest BCUT2D eigenvalue weighted by Crippen LogP contribution is 2.41. The predicted molar refractivity (Wildman–Crippen MR) is 133 cm³/mol. The molecule has 1 amide bonds. The number of hydrogen-bond acceptors (Lipinski definition) is 7. The van der Waals surface area contributed by atoms with Crippen molar-refractivity contribution in [3.05, 3.63) is 71.9 Å². The molecule has 0 saturated carbocycles. The van der Waals surface area contributed by atoms with Crippen molar-refractivity contribution in [1.29, 1.82) is 0 Å². The number of rotatable bonds is 5. The Hall–Kier alpha value is -3.86. The maximum Gasteiger partial charge on any atom is 0.421 e. The summed E-state index contributed by atoms with van der Waals surface area (Å²) in [6.45, 7) is 4.65. The molecule has 1 atom stereocenters. The van der Waals surface area contributed by atoms with Crippen LogP contribution in [0.1, 0.15) is 30.5 Å². The van der Waals surface area contributed by atoms with Crippen LogP contribution in [0.4, 0.5) is 36.3 Å². The number of hydrogen-bond donors (Lipinski definition) is 1. The molecule has 0 radical (unpaired) electrons. The number of halogens is 3. The van der Waals surface area contributed by atoms with Crippen LogP contribution in [-0.4, -0.2) is 53.6 Å². The third kappa shape index (κ3) is 5.46. The zero-order chi connectivity index (χ0) is 26.0. The van der Waals surface area contributed by atoms with E-state index in [9.17, 15) is 18.0 Å². The van der Waals surface area contributed by atoms with Gasteiger partial charge in [0.1, 0.15) is 5.56 Å². The molecule has 1 aromatic heterocycles. The van der Waals surface area contributed by atoms with Gasteiger partial charge in [-0.25, -0.2) is 10.0 Å². The maximum absolute atomic E-state index is 13.9. The van der Waals surface area contributed by atoms with Crippen LogP contribution in [0.5, 0.6) is 0 Å². The molecule has 0 aliphatic carbocycles. The fraction of sp³-hybridized carbons (Fsp3) is 0.346. The van der Waals surface area contributed by atoms with Crippen LogP contribution in [-0.2, 0) is 15.8 Å². The van der Waals surface area contributed by atoms with E-state index in [0.717, 1.165) is 30.5 Å². The highest BCUT2D eigenvalue weighted by molar-refractivity contribution is 5.73. The van der Waals surface area contributed by atoms with E-state index in [1.807, 2.05) is 59.5 Å². The molecule has 2 fully saturated rings. The zero-order valence-electron chi connectivity index (χ0n) is 20.3. The lowest BCUT2D eigenvalue weighted by atomic mass is 10.0. The van der Waals surface area contributed by atoms with Crippen LogP contribution in [0.15, 0.2) is 60.8 Å². The van der Waals surface area contributed by atoms with E-state index in [1.165, 1.54) is 5.06 Å². The number of amides is 1. The van der Waals surface area contributed by atoms with E-state index in [-0.39, 0.29) is 24.3 Å². The Kier molecular flexibility index (Phi) is 6.88. The normalized spacial score (nSPS) is 18.3. The highest BCUT2D eigenvalue weighted by Gasteiger charge is 2.40. The van der Waals surface area contributed by atoms with Crippen molar-refractivity contribution in [1.82, 2.24) is 14.9 Å². The van der Waals surface area contributed by atoms with Crippen molar-refractivity contribution >= 4 is 29.0 Å². The lowest BCUT2D eigenvalue weighted by molar-refractivity contribution is -0.138. The lowest BCUT2D eigenvalue weighted by Gasteiger charge is -2.35. The van der Waals surface area contributed by atoms with Gasteiger partial charge in [0.05, 0.1) is 12.6 Å². The largest absolute Gasteiger partial charge is 0.421 e. The molecule has 8 nitrogen and oxygen atoms in total. The zero-order valence-corrected chi connectivity index (χ0v) is 20.3. The van der Waals surface area contributed by atoms with Crippen LogP contribution < -0.4 is 15.3 Å². The lowest BCUT2D eigenvalue weighted by Crippen LogP contribution is -2.48. The molecule has 2 aromatic carbocycles. The van der Waals surface area contributed by atoms with Gasteiger partial charge in [-0.2, -0.15) is 18.2 Å². The molecule has 37 heavy (non-hydrogen) atoms. The quantitative estimate of drug-likeness (QED) is 0.527. The smallest absolute Gasteiger partial charge is 0.368 e. The van der Waals surface area contributed by atoms with Crippen LogP contribution in [0.2, 0.25) is 0 Å². The summed E-state index contributed by atoms with van der Waals surface area (Å²) in [6.07, 6.45) is -3.32. The molecule has 3 heterocycles. The molecule has 0 spiro atoms. The average molecular weight is 513 g/mol. The number of piperazine rings is 1. The number of aromatic nitrogens is 2. The standard InChI is InChI=1S/C26H27F3N6O2/c1-18(36)33-12-14-34(15-13-33)21-9-7-20(8-10-21)31-25-30-17-22(26(27,28)29)24(32-25)35-23(11-16-37-35)19-5-3-2-4-6-19/h2-10,17,23H,11-16H2,1H3,(H,30,31,32). The number of anilines is 4. The molecule has 1 unspecified atom stereocenters. The van der Waals surface area contributed by atoms with Crippen molar-refractivity contribution in [2.75, 3.05) is 48.1 Å². The summed E-state index contributed by atoms with van der Waals surface area (Å²) in [7, 11) is 0. The minimum Gasteiger partial charge on any atom is -0.368 e. The van der Waals surface area contributed by atoms with Crippen LogP contribution in [0.3, 0.4) is 0 Å². The Balaban J connectivity index is 1.36. The van der Waals surface area contributed by atoms with Crippen molar-refractivity contribution in [3.8, 4) is 0 Å². The Bertz CT molecular complexity index is 1230. The second-order valence-electron chi connectivity index (χ2n) is 8.97. The molecule has 2 aliphatic heterocycles. The van der Waals surface area contributed by atoms with E-state index >= 15 is 0 Å². The van der Waals surface area contributed by atoms with Crippen molar-refractivity contribution < 1.29 is 22.8 Å². The predicted octanol–water partition coefficient (Wildman–Crippen LogP) is 4.79. The first-order valence-corrected chi connectivity index (χ1v) is 12.1. The van der Waals surface area contributed by atoms with Crippen LogP contribution >= 0.6 is 0 Å². The minimum absolute atomic E-state index is 0.0353. The van der Waals surface area contributed by atoms with Gasteiger partial charge in [-0.1, -0.05) is 30.3 Å². The number of nitrogens with zero attached hydrogens (tertiary/aromatic N) is 5. The van der Waals surface area contributed by atoms with Gasteiger partial charge in [-0.15, -0.1) is 0 Å². The van der Waals surface area contributed by atoms with Gasteiger partial charge in [0, 0.05) is 57.1 Å². The summed E-state index contributed by atoms with van der Waals surface area (Å²) in [5.74, 6) is -0.214. The number of carbonyl (C=O) groups is 1. The van der Waals surface area contributed by atoms with Gasteiger partial charge < -0.3 is 15.1 Å². The van der Waals surface area contributed by atoms with E-state index in [4.69, 9.17) is 4.84 Å². The van der Waals surface area contributed by atoms with Crippen molar-refractivity contribution in [2.45, 2.75) is 25.6 Å². The minimum atomic E-state index is -4.64. The molecular formula is C26H27F3N6O2. The number of nitrogens with one attached hydrogen (secondary N) is 1. The summed E-state index contributed by atoms with van der Waals surface area (Å²) >= 11 is 0. The Morgan fingerprint density at radius 3 is 2.38 bits per heavy atom. The number of hydroxylamine groups is 1. The number of benzene rings is 2. The Morgan fingerprint density at radius 2 is 1.73 bits per heavy atom. The first-order chi connectivity index (χ1) is 17.8. The maximum atomic E-state index is 13.9. The molecular weight excluding hydrogens is 485 g/mol. The highest BCUT2D eigenvalue weighted by atomic mass is 19.4. The van der Waals surface area contributed by atoms with Crippen LogP contribution in [0.25, 0.3) is 0 Å². The van der Waals surface area contributed by atoms with E-state index in [2.05, 4.69) is 20.2 Å². The average Bonchev–Trinajstić information content (AvgIpc) is 3.39. The Labute approximate surface area is 212 Å². The SMILES string of the molecule is CC(=O)N1CCN(c2ccc(Nc3ncc(C(F)(F)F)c(N4OCCC4c4ccccc4)n3)cc2)CC1. The molecule has 3 aromatic rings. The van der Waals surface area contributed by atoms with Crippen molar-refractivity contribution in [3.63, 3.8) is 0 Å². The topological polar surface area (TPSA) is 73.8 Å². The molecule has 2 aliphatic rings. The van der Waals surface area contributed by atoms with Gasteiger partial charge in [0.15, 0.2) is 5.82 Å².